The number of nitrogens with zero attached hydrogens (tertiary/aromatic N) is 1. The predicted molar refractivity (Wildman–Crippen MR) is 71.2 cm³/mol. The van der Waals surface area contributed by atoms with Crippen molar-refractivity contribution < 1.29 is 14.7 Å². The number of hydrogen-bond donors (Lipinski definition) is 2. The van der Waals surface area contributed by atoms with Gasteiger partial charge in [0.15, 0.2) is 0 Å². The number of hydrogen-bond acceptors (Lipinski definition) is 4. The van der Waals surface area contributed by atoms with Gasteiger partial charge in [-0.1, -0.05) is 0 Å². The number of carbonyl (C=O) groups is 2. The third-order valence-electron chi connectivity index (χ3n) is 2.04. The smallest absolute Gasteiger partial charge is 0.337 e. The summed E-state index contributed by atoms with van der Waals surface area (Å²) in [6, 6.07) is 4.81. The number of aromatic carboxylic acids is 1. The molecule has 0 aliphatic rings. The summed E-state index contributed by atoms with van der Waals surface area (Å²) < 4.78 is 0.852. The van der Waals surface area contributed by atoms with E-state index in [1.807, 2.05) is 0 Å². The Kier molecular flexibility index (Phi) is 3.73. The lowest BCUT2D eigenvalue weighted by Gasteiger charge is -2.03. The highest BCUT2D eigenvalue weighted by atomic mass is 79.9. The van der Waals surface area contributed by atoms with Crippen LogP contribution < -0.4 is 5.32 Å². The first-order valence-electron chi connectivity index (χ1n) is 4.81. The second-order valence-electron chi connectivity index (χ2n) is 3.33. The van der Waals surface area contributed by atoms with E-state index >= 15 is 0 Å². The Bertz CT molecular complexity index is 612. The highest BCUT2D eigenvalue weighted by molar-refractivity contribution is 9.11. The molecule has 0 fully saturated rings. The van der Waals surface area contributed by atoms with Crippen molar-refractivity contribution in [3.63, 3.8) is 0 Å². The quantitative estimate of drug-likeness (QED) is 0.908. The van der Waals surface area contributed by atoms with Gasteiger partial charge < -0.3 is 10.4 Å². The maximum atomic E-state index is 11.8. The van der Waals surface area contributed by atoms with Gasteiger partial charge in [-0.3, -0.25) is 9.78 Å². The van der Waals surface area contributed by atoms with E-state index in [1.54, 1.807) is 12.1 Å². The van der Waals surface area contributed by atoms with Crippen LogP contribution in [0.2, 0.25) is 0 Å². The topological polar surface area (TPSA) is 79.3 Å². The molecule has 0 saturated carbocycles. The maximum absolute atomic E-state index is 11.8. The number of rotatable bonds is 3. The number of carboxylic acids is 1. The van der Waals surface area contributed by atoms with Gasteiger partial charge in [0.25, 0.3) is 5.91 Å². The van der Waals surface area contributed by atoms with Crippen molar-refractivity contribution >= 4 is 44.8 Å². The number of aromatic nitrogens is 1. The van der Waals surface area contributed by atoms with E-state index in [-0.39, 0.29) is 11.5 Å². The first-order chi connectivity index (χ1) is 8.56. The molecule has 0 aliphatic carbocycles. The standard InChI is InChI=1S/C11H7BrN2O3S/c12-9-2-1-8(18-9)10(15)14-7-3-6(11(16)17)4-13-5-7/h1-5H,(H,14,15)(H,16,17). The monoisotopic (exact) mass is 326 g/mol. The second kappa shape index (κ2) is 5.28. The summed E-state index contributed by atoms with van der Waals surface area (Å²) >= 11 is 4.56. The fourth-order valence-corrected chi connectivity index (χ4v) is 2.54. The third-order valence-corrected chi connectivity index (χ3v) is 3.66. The number of thiophene rings is 1. The molecule has 2 N–H and O–H groups in total. The van der Waals surface area contributed by atoms with Crippen molar-refractivity contribution in [2.45, 2.75) is 0 Å². The van der Waals surface area contributed by atoms with E-state index in [1.165, 1.54) is 29.8 Å². The van der Waals surface area contributed by atoms with Gasteiger partial charge in [-0.25, -0.2) is 4.79 Å². The van der Waals surface area contributed by atoms with E-state index in [4.69, 9.17) is 5.11 Å². The second-order valence-corrected chi connectivity index (χ2v) is 5.79. The van der Waals surface area contributed by atoms with Crippen LogP contribution >= 0.6 is 27.3 Å². The summed E-state index contributed by atoms with van der Waals surface area (Å²) in [6.45, 7) is 0. The van der Waals surface area contributed by atoms with Crippen LogP contribution in [-0.4, -0.2) is 22.0 Å². The fraction of sp³-hybridized carbons (Fsp3) is 0. The molecule has 18 heavy (non-hydrogen) atoms. The molecule has 0 spiro atoms. The lowest BCUT2D eigenvalue weighted by molar-refractivity contribution is 0.0696. The van der Waals surface area contributed by atoms with Crippen molar-refractivity contribution in [2.24, 2.45) is 0 Å². The summed E-state index contributed by atoms with van der Waals surface area (Å²) in [7, 11) is 0. The largest absolute Gasteiger partial charge is 0.478 e. The minimum Gasteiger partial charge on any atom is -0.478 e. The summed E-state index contributed by atoms with van der Waals surface area (Å²) in [5.74, 6) is -1.38. The molecule has 1 amide bonds. The lowest BCUT2D eigenvalue weighted by atomic mass is 10.2. The Hall–Kier alpha value is -1.73. The fourth-order valence-electron chi connectivity index (χ4n) is 1.25. The van der Waals surface area contributed by atoms with Crippen LogP contribution in [0.25, 0.3) is 0 Å². The Morgan fingerprint density at radius 3 is 2.72 bits per heavy atom. The molecule has 0 aliphatic heterocycles. The highest BCUT2D eigenvalue weighted by Gasteiger charge is 2.10. The number of halogens is 1. The Morgan fingerprint density at radius 1 is 1.33 bits per heavy atom. The molecule has 0 atom stereocenters. The number of amides is 1. The average molecular weight is 327 g/mol. The zero-order chi connectivity index (χ0) is 13.1. The van der Waals surface area contributed by atoms with Crippen molar-refractivity contribution in [3.05, 3.63) is 44.8 Å². The Balaban J connectivity index is 2.16. The summed E-state index contributed by atoms with van der Waals surface area (Å²) in [5, 5.41) is 11.4. The van der Waals surface area contributed by atoms with Gasteiger partial charge in [-0.05, 0) is 34.1 Å². The normalized spacial score (nSPS) is 10.1. The first-order valence-corrected chi connectivity index (χ1v) is 6.42. The van der Waals surface area contributed by atoms with Crippen molar-refractivity contribution in [1.82, 2.24) is 4.98 Å². The van der Waals surface area contributed by atoms with E-state index in [0.717, 1.165) is 3.79 Å². The van der Waals surface area contributed by atoms with Crippen LogP contribution in [-0.2, 0) is 0 Å². The van der Waals surface area contributed by atoms with Crippen LogP contribution in [0.1, 0.15) is 20.0 Å². The van der Waals surface area contributed by atoms with Crippen molar-refractivity contribution in [1.29, 1.82) is 0 Å². The molecule has 0 bridgehead atoms. The molecule has 0 radical (unpaired) electrons. The van der Waals surface area contributed by atoms with Crippen LogP contribution in [0.4, 0.5) is 5.69 Å². The van der Waals surface area contributed by atoms with Gasteiger partial charge in [-0.2, -0.15) is 0 Å². The zero-order valence-corrected chi connectivity index (χ0v) is 11.3. The molecule has 0 unspecified atom stereocenters. The van der Waals surface area contributed by atoms with E-state index in [9.17, 15) is 9.59 Å². The lowest BCUT2D eigenvalue weighted by Crippen LogP contribution is -2.11. The first kappa shape index (κ1) is 12.7. The van der Waals surface area contributed by atoms with Gasteiger partial charge in [-0.15, -0.1) is 11.3 Å². The Labute approximate surface area is 115 Å². The van der Waals surface area contributed by atoms with Crippen LogP contribution in [0.3, 0.4) is 0 Å². The number of carboxylic acid groups (broad SMARTS) is 1. The highest BCUT2D eigenvalue weighted by Crippen LogP contribution is 2.23. The van der Waals surface area contributed by atoms with Crippen LogP contribution in [0.5, 0.6) is 0 Å². The van der Waals surface area contributed by atoms with Gasteiger partial charge in [0.05, 0.1) is 26.1 Å². The summed E-state index contributed by atoms with van der Waals surface area (Å²) in [4.78, 5) is 26.9. The van der Waals surface area contributed by atoms with Gasteiger partial charge in [0.1, 0.15) is 0 Å². The number of anilines is 1. The molecular weight excluding hydrogens is 320 g/mol. The van der Waals surface area contributed by atoms with Gasteiger partial charge in [0, 0.05) is 6.20 Å². The molecule has 2 aromatic rings. The number of nitrogens with one attached hydrogen (secondary N) is 1. The molecule has 92 valence electrons. The molecule has 5 nitrogen and oxygen atoms in total. The van der Waals surface area contributed by atoms with Crippen molar-refractivity contribution in [3.8, 4) is 0 Å². The third kappa shape index (κ3) is 2.93. The molecule has 0 aromatic carbocycles. The maximum Gasteiger partial charge on any atom is 0.337 e. The molecule has 2 rings (SSSR count). The molecule has 7 heteroatoms. The molecular formula is C11H7BrN2O3S. The van der Waals surface area contributed by atoms with Gasteiger partial charge >= 0.3 is 5.97 Å². The summed E-state index contributed by atoms with van der Waals surface area (Å²) in [5.41, 5.74) is 0.379. The number of carbonyl (C=O) groups excluding carboxylic acids is 1. The minimum absolute atomic E-state index is 0.0279. The zero-order valence-electron chi connectivity index (χ0n) is 8.88. The van der Waals surface area contributed by atoms with E-state index < -0.39 is 5.97 Å². The molecule has 2 heterocycles. The average Bonchev–Trinajstić information content (AvgIpc) is 2.76. The number of pyridine rings is 1. The van der Waals surface area contributed by atoms with Gasteiger partial charge in [0.2, 0.25) is 0 Å². The molecule has 0 saturated heterocycles. The summed E-state index contributed by atoms with van der Waals surface area (Å²) in [6.07, 6.45) is 2.62. The van der Waals surface area contributed by atoms with Crippen molar-refractivity contribution in [2.75, 3.05) is 5.32 Å². The van der Waals surface area contributed by atoms with Crippen LogP contribution in [0, 0.1) is 0 Å². The van der Waals surface area contributed by atoms with E-state index in [0.29, 0.717) is 10.6 Å². The van der Waals surface area contributed by atoms with E-state index in [2.05, 4.69) is 26.2 Å². The minimum atomic E-state index is -1.09. The van der Waals surface area contributed by atoms with Crippen LogP contribution in [0.15, 0.2) is 34.4 Å². The Morgan fingerprint density at radius 2 is 2.11 bits per heavy atom. The SMILES string of the molecule is O=C(O)c1cncc(NC(=O)c2ccc(Br)s2)c1. The molecule has 2 aromatic heterocycles. The predicted octanol–water partition coefficient (Wildman–Crippen LogP) is 2.86.